The third-order valence-corrected chi connectivity index (χ3v) is 4.17. The van der Waals surface area contributed by atoms with Crippen molar-refractivity contribution < 1.29 is 4.21 Å². The van der Waals surface area contributed by atoms with Crippen LogP contribution in [0.2, 0.25) is 0 Å². The van der Waals surface area contributed by atoms with Crippen LogP contribution in [0.5, 0.6) is 0 Å². The fraction of sp³-hybridized carbons (Fsp3) is 0.462. The van der Waals surface area contributed by atoms with E-state index in [0.717, 1.165) is 29.3 Å². The summed E-state index contributed by atoms with van der Waals surface area (Å²) in [6.07, 6.45) is 2.55. The van der Waals surface area contributed by atoms with Crippen LogP contribution in [0.4, 0.5) is 5.69 Å². The van der Waals surface area contributed by atoms with Gasteiger partial charge in [0.15, 0.2) is 0 Å². The van der Waals surface area contributed by atoms with E-state index in [1.54, 1.807) is 18.0 Å². The summed E-state index contributed by atoms with van der Waals surface area (Å²) >= 11 is 1.67. The summed E-state index contributed by atoms with van der Waals surface area (Å²) in [5.74, 6) is 1.64. The van der Waals surface area contributed by atoms with E-state index in [1.807, 2.05) is 18.2 Å². The first kappa shape index (κ1) is 15.1. The molecule has 0 aliphatic heterocycles. The molecule has 0 radical (unpaired) electrons. The highest BCUT2D eigenvalue weighted by atomic mass is 32.2. The molecule has 1 unspecified atom stereocenters. The van der Waals surface area contributed by atoms with Crippen molar-refractivity contribution in [1.82, 2.24) is 0 Å². The van der Waals surface area contributed by atoms with Gasteiger partial charge in [-0.2, -0.15) is 5.26 Å². The van der Waals surface area contributed by atoms with Crippen molar-refractivity contribution in [2.45, 2.75) is 18.2 Å². The van der Waals surface area contributed by atoms with Crippen LogP contribution in [0.3, 0.4) is 0 Å². The Morgan fingerprint density at radius 2 is 2.28 bits per heavy atom. The van der Waals surface area contributed by atoms with Crippen LogP contribution in [-0.4, -0.2) is 28.5 Å². The SMILES string of the molecule is CCSc1cccc(NCCCS(C)=O)c1C#N. The summed E-state index contributed by atoms with van der Waals surface area (Å²) < 4.78 is 10.9. The molecule has 1 aromatic carbocycles. The van der Waals surface area contributed by atoms with Gasteiger partial charge in [-0.3, -0.25) is 4.21 Å². The van der Waals surface area contributed by atoms with Crippen molar-refractivity contribution >= 4 is 28.2 Å². The zero-order valence-corrected chi connectivity index (χ0v) is 12.4. The van der Waals surface area contributed by atoms with Gasteiger partial charge < -0.3 is 5.32 Å². The Bertz CT molecular complexity index is 455. The van der Waals surface area contributed by atoms with Crippen LogP contribution < -0.4 is 5.32 Å². The van der Waals surface area contributed by atoms with E-state index in [4.69, 9.17) is 0 Å². The molecule has 0 amide bonds. The Balaban J connectivity index is 2.67. The first-order chi connectivity index (χ1) is 8.69. The summed E-state index contributed by atoms with van der Waals surface area (Å²) in [5, 5.41) is 12.5. The van der Waals surface area contributed by atoms with Crippen molar-refractivity contribution in [2.75, 3.05) is 29.6 Å². The third-order valence-electron chi connectivity index (χ3n) is 2.36. The fourth-order valence-electron chi connectivity index (χ4n) is 1.57. The predicted octanol–water partition coefficient (Wildman–Crippen LogP) is 2.85. The molecule has 0 aliphatic rings. The lowest BCUT2D eigenvalue weighted by Crippen LogP contribution is -2.07. The summed E-state index contributed by atoms with van der Waals surface area (Å²) in [7, 11) is -0.747. The Morgan fingerprint density at radius 1 is 1.50 bits per heavy atom. The molecule has 0 bridgehead atoms. The molecule has 0 saturated heterocycles. The van der Waals surface area contributed by atoms with Gasteiger partial charge in [0.25, 0.3) is 0 Å². The highest BCUT2D eigenvalue weighted by molar-refractivity contribution is 7.99. The zero-order chi connectivity index (χ0) is 13.4. The molecule has 0 spiro atoms. The lowest BCUT2D eigenvalue weighted by molar-refractivity contribution is 0.685. The van der Waals surface area contributed by atoms with Crippen LogP contribution in [0, 0.1) is 11.3 Å². The summed E-state index contributed by atoms with van der Waals surface area (Å²) in [6.45, 7) is 2.82. The van der Waals surface area contributed by atoms with Gasteiger partial charge in [0, 0.05) is 34.2 Å². The number of rotatable bonds is 7. The maximum atomic E-state index is 10.9. The number of nitriles is 1. The van der Waals surface area contributed by atoms with E-state index in [0.29, 0.717) is 11.3 Å². The largest absolute Gasteiger partial charge is 0.384 e. The van der Waals surface area contributed by atoms with E-state index in [9.17, 15) is 9.47 Å². The average molecular weight is 282 g/mol. The molecule has 0 aliphatic carbocycles. The van der Waals surface area contributed by atoms with Crippen molar-refractivity contribution in [1.29, 1.82) is 5.26 Å². The summed E-state index contributed by atoms with van der Waals surface area (Å²) in [6, 6.07) is 8.10. The standard InChI is InChI=1S/C13H18N2OS2/c1-3-17-13-7-4-6-12(11(13)10-14)15-8-5-9-18(2)16/h4,6-7,15H,3,5,8-9H2,1-2H3. The van der Waals surface area contributed by atoms with Crippen molar-refractivity contribution in [3.8, 4) is 6.07 Å². The fourth-order valence-corrected chi connectivity index (χ4v) is 2.90. The molecule has 1 atom stereocenters. The van der Waals surface area contributed by atoms with Crippen LogP contribution in [0.15, 0.2) is 23.1 Å². The molecular formula is C13H18N2OS2. The topological polar surface area (TPSA) is 52.9 Å². The molecule has 0 aromatic heterocycles. The van der Waals surface area contributed by atoms with Gasteiger partial charge in [0.1, 0.15) is 6.07 Å². The maximum absolute atomic E-state index is 10.9. The molecule has 98 valence electrons. The minimum atomic E-state index is -0.747. The normalized spacial score (nSPS) is 11.8. The first-order valence-corrected chi connectivity index (χ1v) is 8.60. The number of thioether (sulfide) groups is 1. The number of anilines is 1. The van der Waals surface area contributed by atoms with Gasteiger partial charge in [0.05, 0.1) is 11.3 Å². The molecule has 5 heteroatoms. The summed E-state index contributed by atoms with van der Waals surface area (Å²) in [5.41, 5.74) is 1.58. The monoisotopic (exact) mass is 282 g/mol. The van der Waals surface area contributed by atoms with Crippen LogP contribution in [-0.2, 0) is 10.8 Å². The van der Waals surface area contributed by atoms with Gasteiger partial charge in [-0.1, -0.05) is 13.0 Å². The van der Waals surface area contributed by atoms with Crippen LogP contribution in [0.1, 0.15) is 18.9 Å². The molecule has 0 saturated carbocycles. The number of hydrogen-bond acceptors (Lipinski definition) is 4. The van der Waals surface area contributed by atoms with Crippen molar-refractivity contribution in [3.05, 3.63) is 23.8 Å². The molecule has 0 heterocycles. The second-order valence-electron chi connectivity index (χ2n) is 3.78. The lowest BCUT2D eigenvalue weighted by Gasteiger charge is -2.10. The Hall–Kier alpha value is -0.990. The first-order valence-electron chi connectivity index (χ1n) is 5.88. The van der Waals surface area contributed by atoms with Crippen LogP contribution in [0.25, 0.3) is 0 Å². The molecular weight excluding hydrogens is 264 g/mol. The van der Waals surface area contributed by atoms with E-state index in [2.05, 4.69) is 18.3 Å². The number of benzene rings is 1. The van der Waals surface area contributed by atoms with Gasteiger partial charge in [-0.25, -0.2) is 0 Å². The van der Waals surface area contributed by atoms with Crippen LogP contribution >= 0.6 is 11.8 Å². The molecule has 1 N–H and O–H groups in total. The number of hydrogen-bond donors (Lipinski definition) is 1. The van der Waals surface area contributed by atoms with E-state index in [-0.39, 0.29) is 0 Å². The predicted molar refractivity (Wildman–Crippen MR) is 79.6 cm³/mol. The molecule has 18 heavy (non-hydrogen) atoms. The second-order valence-corrected chi connectivity index (χ2v) is 6.64. The molecule has 3 nitrogen and oxygen atoms in total. The van der Waals surface area contributed by atoms with Gasteiger partial charge in [-0.05, 0) is 24.3 Å². The van der Waals surface area contributed by atoms with E-state index < -0.39 is 10.8 Å². The highest BCUT2D eigenvalue weighted by Crippen LogP contribution is 2.27. The Labute approximate surface area is 115 Å². The van der Waals surface area contributed by atoms with Crippen molar-refractivity contribution in [2.24, 2.45) is 0 Å². The minimum Gasteiger partial charge on any atom is -0.384 e. The molecule has 0 fully saturated rings. The second kappa shape index (κ2) is 8.17. The van der Waals surface area contributed by atoms with Gasteiger partial charge in [0.2, 0.25) is 0 Å². The van der Waals surface area contributed by atoms with E-state index >= 15 is 0 Å². The minimum absolute atomic E-state index is 0.693. The lowest BCUT2D eigenvalue weighted by atomic mass is 10.2. The smallest absolute Gasteiger partial charge is 0.102 e. The number of nitrogens with zero attached hydrogens (tertiary/aromatic N) is 1. The van der Waals surface area contributed by atoms with Crippen molar-refractivity contribution in [3.63, 3.8) is 0 Å². The van der Waals surface area contributed by atoms with Gasteiger partial charge in [-0.15, -0.1) is 11.8 Å². The maximum Gasteiger partial charge on any atom is 0.102 e. The number of nitrogens with one attached hydrogen (secondary N) is 1. The zero-order valence-electron chi connectivity index (χ0n) is 10.7. The third kappa shape index (κ3) is 4.71. The molecule has 1 aromatic rings. The highest BCUT2D eigenvalue weighted by Gasteiger charge is 2.07. The van der Waals surface area contributed by atoms with Gasteiger partial charge >= 0.3 is 0 Å². The van der Waals surface area contributed by atoms with E-state index in [1.165, 1.54) is 0 Å². The quantitative estimate of drug-likeness (QED) is 0.617. The molecule has 1 rings (SSSR count). The Kier molecular flexibility index (Phi) is 6.84. The average Bonchev–Trinajstić information content (AvgIpc) is 2.35. The summed E-state index contributed by atoms with van der Waals surface area (Å²) in [4.78, 5) is 1.02. The Morgan fingerprint density at radius 3 is 2.89 bits per heavy atom.